The molecule has 0 aliphatic heterocycles. The van der Waals surface area contributed by atoms with E-state index in [0.29, 0.717) is 17.4 Å². The number of carboxylic acids is 1. The molecular weight excluding hydrogens is 767 g/mol. The summed E-state index contributed by atoms with van der Waals surface area (Å²) in [6.07, 6.45) is 48.6. The van der Waals surface area contributed by atoms with Crippen LogP contribution in [0.15, 0.2) is 48.6 Å². The first-order valence-electron chi connectivity index (χ1n) is 24.8. The molecule has 0 fully saturated rings. The number of ether oxygens (including phenoxy) is 4. The molecule has 0 amide bonds. The van der Waals surface area contributed by atoms with Crippen molar-refractivity contribution in [2.45, 2.75) is 219 Å². The van der Waals surface area contributed by atoms with Gasteiger partial charge in [-0.1, -0.05) is 172 Å². The number of unbranched alkanes of at least 4 members (excludes halogenated alkanes) is 22. The molecular formula is C52H93NO8. The molecule has 2 unspecified atom stereocenters. The minimum Gasteiger partial charge on any atom is -0.545 e. The number of nitrogens with zero attached hydrogens (tertiary/aromatic N) is 1. The van der Waals surface area contributed by atoms with Gasteiger partial charge in [-0.25, -0.2) is 0 Å². The van der Waals surface area contributed by atoms with Gasteiger partial charge in [0.25, 0.3) is 0 Å². The molecule has 0 radical (unpaired) electrons. The second-order valence-corrected chi connectivity index (χ2v) is 17.7. The molecule has 0 saturated carbocycles. The lowest BCUT2D eigenvalue weighted by Gasteiger charge is -2.26. The van der Waals surface area contributed by atoms with Crippen molar-refractivity contribution in [3.63, 3.8) is 0 Å². The van der Waals surface area contributed by atoms with Gasteiger partial charge in [0.2, 0.25) is 0 Å². The number of carboxylic acid groups (broad SMARTS) is 1. The monoisotopic (exact) mass is 860 g/mol. The van der Waals surface area contributed by atoms with Crippen LogP contribution in [0.5, 0.6) is 0 Å². The summed E-state index contributed by atoms with van der Waals surface area (Å²) in [5, 5.41) is 11.7. The van der Waals surface area contributed by atoms with Crippen LogP contribution in [-0.2, 0) is 33.3 Å². The topological polar surface area (TPSA) is 111 Å². The van der Waals surface area contributed by atoms with Crippen molar-refractivity contribution >= 4 is 17.9 Å². The minimum atomic E-state index is -1.62. The molecule has 61 heavy (non-hydrogen) atoms. The van der Waals surface area contributed by atoms with Crippen LogP contribution < -0.4 is 5.11 Å². The lowest BCUT2D eigenvalue weighted by Crippen LogP contribution is -2.44. The minimum absolute atomic E-state index is 0.144. The Morgan fingerprint density at radius 3 is 1.36 bits per heavy atom. The van der Waals surface area contributed by atoms with Crippen LogP contribution in [-0.4, -0.2) is 82.3 Å². The molecule has 0 heterocycles. The van der Waals surface area contributed by atoms with Crippen LogP contribution in [0.1, 0.15) is 206 Å². The Balaban J connectivity index is 4.32. The highest BCUT2D eigenvalue weighted by molar-refractivity contribution is 5.70. The zero-order valence-electron chi connectivity index (χ0n) is 40.0. The maximum Gasteiger partial charge on any atom is 0.306 e. The number of carbonyl (C=O) groups is 3. The van der Waals surface area contributed by atoms with Crippen LogP contribution in [0, 0.1) is 0 Å². The molecule has 0 N–H and O–H groups in total. The van der Waals surface area contributed by atoms with Crippen LogP contribution in [0.2, 0.25) is 0 Å². The molecule has 0 spiro atoms. The maximum absolute atomic E-state index is 12.8. The Morgan fingerprint density at radius 2 is 0.918 bits per heavy atom. The number of quaternary nitrogens is 1. The number of hydrogen-bond donors (Lipinski definition) is 0. The third-order valence-electron chi connectivity index (χ3n) is 10.5. The van der Waals surface area contributed by atoms with Crippen LogP contribution in [0.3, 0.4) is 0 Å². The zero-order chi connectivity index (χ0) is 44.9. The molecule has 2 atom stereocenters. The van der Waals surface area contributed by atoms with E-state index in [1.807, 2.05) is 21.1 Å². The van der Waals surface area contributed by atoms with Crippen molar-refractivity contribution in [3.05, 3.63) is 48.6 Å². The normalized spacial score (nSPS) is 13.3. The third kappa shape index (κ3) is 45.1. The Labute approximate surface area is 374 Å². The molecule has 0 aromatic heterocycles. The molecule has 0 bridgehead atoms. The van der Waals surface area contributed by atoms with Gasteiger partial charge in [-0.15, -0.1) is 0 Å². The van der Waals surface area contributed by atoms with Gasteiger partial charge < -0.3 is 33.3 Å². The highest BCUT2D eigenvalue weighted by atomic mass is 16.7. The van der Waals surface area contributed by atoms with Gasteiger partial charge in [0.15, 0.2) is 12.4 Å². The Kier molecular flexibility index (Phi) is 41.9. The average Bonchev–Trinajstić information content (AvgIpc) is 3.22. The molecule has 0 aromatic rings. The Morgan fingerprint density at radius 1 is 0.492 bits per heavy atom. The van der Waals surface area contributed by atoms with E-state index in [9.17, 15) is 19.5 Å². The summed E-state index contributed by atoms with van der Waals surface area (Å²) in [4.78, 5) is 37.0. The predicted molar refractivity (Wildman–Crippen MR) is 251 cm³/mol. The zero-order valence-corrected chi connectivity index (χ0v) is 40.0. The number of rotatable bonds is 45. The van der Waals surface area contributed by atoms with E-state index in [0.717, 1.165) is 77.0 Å². The lowest BCUT2D eigenvalue weighted by molar-refractivity contribution is -0.870. The molecule has 0 aliphatic carbocycles. The Hall–Kier alpha value is -2.75. The van der Waals surface area contributed by atoms with E-state index in [1.165, 1.54) is 96.3 Å². The maximum atomic E-state index is 12.8. The van der Waals surface area contributed by atoms with Crippen molar-refractivity contribution in [3.8, 4) is 0 Å². The molecule has 354 valence electrons. The van der Waals surface area contributed by atoms with E-state index >= 15 is 0 Å². The van der Waals surface area contributed by atoms with E-state index in [2.05, 4.69) is 62.5 Å². The second kappa shape index (κ2) is 43.9. The summed E-state index contributed by atoms with van der Waals surface area (Å²) in [5.41, 5.74) is 0. The fourth-order valence-corrected chi connectivity index (χ4v) is 6.66. The largest absolute Gasteiger partial charge is 0.545 e. The van der Waals surface area contributed by atoms with Gasteiger partial charge in [0, 0.05) is 12.8 Å². The lowest BCUT2D eigenvalue weighted by atomic mass is 10.0. The summed E-state index contributed by atoms with van der Waals surface area (Å²) in [7, 11) is 5.90. The summed E-state index contributed by atoms with van der Waals surface area (Å²) in [6, 6.07) is 0. The van der Waals surface area contributed by atoms with Gasteiger partial charge in [-0.2, -0.15) is 0 Å². The van der Waals surface area contributed by atoms with Crippen molar-refractivity contribution in [2.75, 3.05) is 47.5 Å². The van der Waals surface area contributed by atoms with Crippen LogP contribution in [0.4, 0.5) is 0 Å². The van der Waals surface area contributed by atoms with Crippen molar-refractivity contribution in [2.24, 2.45) is 0 Å². The molecule has 9 heteroatoms. The van der Waals surface area contributed by atoms with Gasteiger partial charge in [-0.05, 0) is 70.6 Å². The first-order chi connectivity index (χ1) is 29.6. The SMILES string of the molecule is CCC/C=C\C/C=C\CCCCCCCC(=O)OCC(COC(OCC[N+](C)(C)C)C(=O)[O-])OC(=O)CCCCCCCCCCCCC/C=C\C/C=C\CCCCCCC. The quantitative estimate of drug-likeness (QED) is 0.0196. The van der Waals surface area contributed by atoms with Gasteiger partial charge >= 0.3 is 11.9 Å². The first kappa shape index (κ1) is 58.2. The van der Waals surface area contributed by atoms with E-state index in [4.69, 9.17) is 18.9 Å². The Bertz CT molecular complexity index is 1140. The standard InChI is InChI=1S/C52H93NO8/c1-6-8-10-12-14-16-18-20-21-22-23-24-25-26-27-28-29-31-33-35-37-39-41-43-50(55)61-48(47-60-52(51(56)57)58-45-44-53(3,4)5)46-59-49(54)42-40-38-36-34-32-30-19-17-15-13-11-9-7-2/h11,13,17-20,22-23,48,52H,6-10,12,14-16,21,24-47H2,1-5H3/b13-11-,19-17-,20-18-,23-22-. The first-order valence-corrected chi connectivity index (χ1v) is 24.8. The summed E-state index contributed by atoms with van der Waals surface area (Å²) in [5.74, 6) is -2.31. The number of hydrogen-bond acceptors (Lipinski definition) is 8. The smallest absolute Gasteiger partial charge is 0.306 e. The van der Waals surface area contributed by atoms with Crippen LogP contribution in [0.25, 0.3) is 0 Å². The highest BCUT2D eigenvalue weighted by Gasteiger charge is 2.21. The summed E-state index contributed by atoms with van der Waals surface area (Å²) in [6.45, 7) is 4.65. The number of likely N-dealkylation sites (N-methyl/N-ethyl adjacent to an activating group) is 1. The molecule has 0 rings (SSSR count). The molecule has 0 aliphatic rings. The predicted octanol–water partition coefficient (Wildman–Crippen LogP) is 12.2. The molecule has 0 aromatic carbocycles. The average molecular weight is 860 g/mol. The third-order valence-corrected chi connectivity index (χ3v) is 10.5. The van der Waals surface area contributed by atoms with E-state index in [1.54, 1.807) is 0 Å². The van der Waals surface area contributed by atoms with Crippen molar-refractivity contribution in [1.29, 1.82) is 0 Å². The fourth-order valence-electron chi connectivity index (χ4n) is 6.66. The van der Waals surface area contributed by atoms with Gasteiger partial charge in [-0.3, -0.25) is 9.59 Å². The number of aliphatic carboxylic acids is 1. The fraction of sp³-hybridized carbons (Fsp3) is 0.788. The number of allylic oxidation sites excluding steroid dienone is 8. The molecule has 0 saturated heterocycles. The number of esters is 2. The highest BCUT2D eigenvalue weighted by Crippen LogP contribution is 2.15. The van der Waals surface area contributed by atoms with Crippen molar-refractivity contribution < 1.29 is 42.9 Å². The van der Waals surface area contributed by atoms with Crippen LogP contribution >= 0.6 is 0 Å². The second-order valence-electron chi connectivity index (χ2n) is 17.7. The number of carbonyl (C=O) groups excluding carboxylic acids is 3. The van der Waals surface area contributed by atoms with E-state index < -0.39 is 24.3 Å². The van der Waals surface area contributed by atoms with Gasteiger partial charge in [0.1, 0.15) is 13.2 Å². The van der Waals surface area contributed by atoms with Crippen molar-refractivity contribution in [1.82, 2.24) is 0 Å². The molecule has 9 nitrogen and oxygen atoms in total. The van der Waals surface area contributed by atoms with Gasteiger partial charge in [0.05, 0.1) is 40.3 Å². The summed E-state index contributed by atoms with van der Waals surface area (Å²) < 4.78 is 22.6. The summed E-state index contributed by atoms with van der Waals surface area (Å²) >= 11 is 0. The van der Waals surface area contributed by atoms with E-state index in [-0.39, 0.29) is 38.6 Å².